The Kier molecular flexibility index (Phi) is 9.22. The van der Waals surface area contributed by atoms with E-state index in [1.165, 1.54) is 6.08 Å². The molecular weight excluding hydrogens is 494 g/mol. The highest BCUT2D eigenvalue weighted by Crippen LogP contribution is 2.31. The fourth-order valence-electron chi connectivity index (χ4n) is 2.54. The van der Waals surface area contributed by atoms with Gasteiger partial charge in [-0.3, -0.25) is 25.8 Å². The van der Waals surface area contributed by atoms with E-state index in [9.17, 15) is 9.59 Å². The number of hydrogen-bond acceptors (Lipinski definition) is 5. The number of hydrogen-bond donors (Lipinski definition) is 3. The molecule has 9 heteroatoms. The minimum atomic E-state index is -0.460. The first kappa shape index (κ1) is 25.4. The largest absolute Gasteiger partial charge is 0.496 e. The molecule has 32 heavy (non-hydrogen) atoms. The van der Waals surface area contributed by atoms with E-state index in [0.29, 0.717) is 11.5 Å². The van der Waals surface area contributed by atoms with Crippen molar-refractivity contribution in [1.82, 2.24) is 16.2 Å². The summed E-state index contributed by atoms with van der Waals surface area (Å²) in [4.78, 5) is 24.0. The first-order chi connectivity index (χ1) is 15.1. The van der Waals surface area contributed by atoms with E-state index in [0.717, 1.165) is 15.6 Å². The number of thiocarbonyl (C=S) groups is 1. The van der Waals surface area contributed by atoms with Gasteiger partial charge in [0.25, 0.3) is 5.91 Å². The van der Waals surface area contributed by atoms with E-state index < -0.39 is 11.8 Å². The standard InChI is InChI=1S/C23H26BrN3O4S/c1-23(2,3)16-10-11-19(17(24)13-16)31-14-21(29)26-27-22(32)25-20(28)12-9-15-7-5-6-8-18(15)30-4/h5-13H,14H2,1-4H3,(H,26,29)(H2,25,27,28,32). The van der Waals surface area contributed by atoms with Crippen molar-refractivity contribution in [2.24, 2.45) is 0 Å². The number of amides is 2. The maximum absolute atomic E-state index is 12.0. The molecule has 170 valence electrons. The van der Waals surface area contributed by atoms with Crippen LogP contribution in [0.2, 0.25) is 0 Å². The van der Waals surface area contributed by atoms with Gasteiger partial charge in [0.05, 0.1) is 11.6 Å². The highest BCUT2D eigenvalue weighted by atomic mass is 79.9. The second-order valence-corrected chi connectivity index (χ2v) is 9.01. The third kappa shape index (κ3) is 7.97. The average molecular weight is 520 g/mol. The first-order valence-electron chi connectivity index (χ1n) is 9.74. The van der Waals surface area contributed by atoms with Crippen molar-refractivity contribution in [2.75, 3.05) is 13.7 Å². The molecule has 0 aliphatic rings. The van der Waals surface area contributed by atoms with Crippen molar-refractivity contribution in [3.05, 3.63) is 64.1 Å². The Bertz CT molecular complexity index is 1020. The van der Waals surface area contributed by atoms with Crippen molar-refractivity contribution in [3.8, 4) is 11.5 Å². The number of carbonyl (C=O) groups is 2. The zero-order valence-corrected chi connectivity index (χ0v) is 20.7. The molecule has 0 heterocycles. The second-order valence-electron chi connectivity index (χ2n) is 7.75. The van der Waals surface area contributed by atoms with Gasteiger partial charge < -0.3 is 9.47 Å². The summed E-state index contributed by atoms with van der Waals surface area (Å²) in [5.41, 5.74) is 6.73. The number of para-hydroxylation sites is 1. The van der Waals surface area contributed by atoms with Crippen LogP contribution in [0.3, 0.4) is 0 Å². The van der Waals surface area contributed by atoms with Gasteiger partial charge in [-0.2, -0.15) is 0 Å². The van der Waals surface area contributed by atoms with Gasteiger partial charge in [0.2, 0.25) is 5.91 Å². The Balaban J connectivity index is 1.77. The molecule has 0 unspecified atom stereocenters. The fourth-order valence-corrected chi connectivity index (χ4v) is 3.19. The lowest BCUT2D eigenvalue weighted by Gasteiger charge is -2.20. The van der Waals surface area contributed by atoms with Gasteiger partial charge in [0, 0.05) is 11.6 Å². The van der Waals surface area contributed by atoms with Crippen LogP contribution in [0.15, 0.2) is 53.0 Å². The summed E-state index contributed by atoms with van der Waals surface area (Å²) in [5.74, 6) is 0.273. The lowest BCUT2D eigenvalue weighted by Crippen LogP contribution is -2.49. The second kappa shape index (κ2) is 11.6. The molecule has 0 aliphatic heterocycles. The lowest BCUT2D eigenvalue weighted by molar-refractivity contribution is -0.123. The summed E-state index contributed by atoms with van der Waals surface area (Å²) in [6.07, 6.45) is 2.92. The number of carbonyl (C=O) groups excluding carboxylic acids is 2. The van der Waals surface area contributed by atoms with Crippen LogP contribution in [0.5, 0.6) is 11.5 Å². The van der Waals surface area contributed by atoms with Gasteiger partial charge in [-0.05, 0) is 63.4 Å². The van der Waals surface area contributed by atoms with E-state index in [1.54, 1.807) is 19.3 Å². The Morgan fingerprint density at radius 2 is 1.81 bits per heavy atom. The Morgan fingerprint density at radius 1 is 1.09 bits per heavy atom. The van der Waals surface area contributed by atoms with Crippen molar-refractivity contribution in [1.29, 1.82) is 0 Å². The molecule has 2 amide bonds. The predicted molar refractivity (Wildman–Crippen MR) is 132 cm³/mol. The van der Waals surface area contributed by atoms with Gasteiger partial charge in [-0.15, -0.1) is 0 Å². The number of ether oxygens (including phenoxy) is 2. The average Bonchev–Trinajstić information content (AvgIpc) is 2.74. The summed E-state index contributed by atoms with van der Waals surface area (Å²) in [5, 5.41) is 2.38. The van der Waals surface area contributed by atoms with Gasteiger partial charge in [-0.1, -0.05) is 45.0 Å². The normalized spacial score (nSPS) is 11.0. The summed E-state index contributed by atoms with van der Waals surface area (Å²) >= 11 is 8.48. The van der Waals surface area contributed by atoms with E-state index in [2.05, 4.69) is 52.9 Å². The van der Waals surface area contributed by atoms with Crippen LogP contribution < -0.4 is 25.6 Å². The van der Waals surface area contributed by atoms with Crippen LogP contribution in [0, 0.1) is 0 Å². The van der Waals surface area contributed by atoms with E-state index in [-0.39, 0.29) is 17.1 Å². The van der Waals surface area contributed by atoms with E-state index >= 15 is 0 Å². The van der Waals surface area contributed by atoms with Crippen molar-refractivity contribution in [3.63, 3.8) is 0 Å². The number of halogens is 1. The van der Waals surface area contributed by atoms with Gasteiger partial charge in [-0.25, -0.2) is 0 Å². The Labute approximate surface area is 201 Å². The monoisotopic (exact) mass is 519 g/mol. The highest BCUT2D eigenvalue weighted by Gasteiger charge is 2.15. The van der Waals surface area contributed by atoms with Crippen molar-refractivity contribution >= 4 is 51.2 Å². The van der Waals surface area contributed by atoms with Crippen LogP contribution in [0.25, 0.3) is 6.08 Å². The molecular formula is C23H26BrN3O4S. The number of hydrazine groups is 1. The molecule has 7 nitrogen and oxygen atoms in total. The minimum Gasteiger partial charge on any atom is -0.496 e. The van der Waals surface area contributed by atoms with Crippen LogP contribution in [0.1, 0.15) is 31.9 Å². The lowest BCUT2D eigenvalue weighted by atomic mass is 9.87. The molecule has 0 spiro atoms. The van der Waals surface area contributed by atoms with Crippen LogP contribution >= 0.6 is 28.1 Å². The van der Waals surface area contributed by atoms with E-state index in [4.69, 9.17) is 21.7 Å². The van der Waals surface area contributed by atoms with Gasteiger partial charge >= 0.3 is 0 Å². The minimum absolute atomic E-state index is 0.00479. The topological polar surface area (TPSA) is 88.7 Å². The molecule has 0 aliphatic carbocycles. The Morgan fingerprint density at radius 3 is 2.47 bits per heavy atom. The molecule has 2 rings (SSSR count). The SMILES string of the molecule is COc1ccccc1C=CC(=O)NC(=S)NNC(=O)COc1ccc(C(C)(C)C)cc1Br. The highest BCUT2D eigenvalue weighted by molar-refractivity contribution is 9.10. The number of methoxy groups -OCH3 is 1. The van der Waals surface area contributed by atoms with Crippen LogP contribution in [-0.4, -0.2) is 30.6 Å². The van der Waals surface area contributed by atoms with Crippen LogP contribution in [0.4, 0.5) is 0 Å². The summed E-state index contributed by atoms with van der Waals surface area (Å²) in [6.45, 7) is 6.12. The van der Waals surface area contributed by atoms with Crippen molar-refractivity contribution in [2.45, 2.75) is 26.2 Å². The van der Waals surface area contributed by atoms with Gasteiger partial charge in [0.1, 0.15) is 11.5 Å². The van der Waals surface area contributed by atoms with E-state index in [1.807, 2.05) is 36.4 Å². The maximum Gasteiger partial charge on any atom is 0.276 e. The zero-order chi connectivity index (χ0) is 23.7. The number of rotatable bonds is 6. The molecule has 3 N–H and O–H groups in total. The molecule has 0 saturated heterocycles. The third-order valence-corrected chi connectivity index (χ3v) is 5.09. The predicted octanol–water partition coefficient (Wildman–Crippen LogP) is 3.87. The molecule has 0 atom stereocenters. The summed E-state index contributed by atoms with van der Waals surface area (Å²) in [6, 6.07) is 13.0. The molecule has 0 aromatic heterocycles. The first-order valence-corrected chi connectivity index (χ1v) is 10.9. The molecule has 0 fully saturated rings. The molecule has 0 radical (unpaired) electrons. The smallest absolute Gasteiger partial charge is 0.276 e. The Hall–Kier alpha value is -2.91. The zero-order valence-electron chi connectivity index (χ0n) is 18.3. The summed E-state index contributed by atoms with van der Waals surface area (Å²) < 4.78 is 11.5. The van der Waals surface area contributed by atoms with Crippen molar-refractivity contribution < 1.29 is 19.1 Å². The third-order valence-electron chi connectivity index (χ3n) is 4.26. The quantitative estimate of drug-likeness (QED) is 0.305. The summed E-state index contributed by atoms with van der Waals surface area (Å²) in [7, 11) is 1.55. The molecule has 2 aromatic rings. The van der Waals surface area contributed by atoms with Gasteiger partial charge in [0.15, 0.2) is 11.7 Å². The molecule has 0 bridgehead atoms. The number of nitrogens with one attached hydrogen (secondary N) is 3. The molecule has 2 aromatic carbocycles. The fraction of sp³-hybridized carbons (Fsp3) is 0.261. The number of benzene rings is 2. The molecule has 0 saturated carbocycles. The van der Waals surface area contributed by atoms with Crippen LogP contribution in [-0.2, 0) is 15.0 Å². The maximum atomic E-state index is 12.0.